The van der Waals surface area contributed by atoms with E-state index in [1.54, 1.807) is 18.2 Å². The molecule has 1 amide bonds. The molecule has 0 atom stereocenters. The smallest absolute Gasteiger partial charge is 0.255 e. The van der Waals surface area contributed by atoms with Gasteiger partial charge in [0.2, 0.25) is 0 Å². The topological polar surface area (TPSA) is 55.1 Å². The summed E-state index contributed by atoms with van der Waals surface area (Å²) in [6, 6.07) is 10.5. The van der Waals surface area contributed by atoms with Gasteiger partial charge in [-0.3, -0.25) is 4.79 Å². The molecule has 0 fully saturated rings. The minimum Gasteiger partial charge on any atom is -0.399 e. The second-order valence-corrected chi connectivity index (χ2v) is 5.60. The van der Waals surface area contributed by atoms with Gasteiger partial charge in [-0.05, 0) is 48.9 Å². The number of halogens is 2. The fourth-order valence-corrected chi connectivity index (χ4v) is 2.61. The second-order valence-electron chi connectivity index (χ2n) is 4.24. The molecule has 0 aliphatic carbocycles. The number of nitrogens with one attached hydrogen (secondary N) is 1. The van der Waals surface area contributed by atoms with Gasteiger partial charge in [-0.2, -0.15) is 0 Å². The van der Waals surface area contributed by atoms with Gasteiger partial charge in [0.05, 0.1) is 0 Å². The van der Waals surface area contributed by atoms with Crippen LogP contribution in [0.5, 0.6) is 0 Å². The van der Waals surface area contributed by atoms with Crippen molar-refractivity contribution in [2.45, 2.75) is 6.92 Å². The summed E-state index contributed by atoms with van der Waals surface area (Å²) in [5, 5.41) is 3.25. The van der Waals surface area contributed by atoms with Crippen LogP contribution in [0.1, 0.15) is 15.9 Å². The van der Waals surface area contributed by atoms with Gasteiger partial charge in [0.1, 0.15) is 0 Å². The number of aryl methyl sites for hydroxylation is 1. The summed E-state index contributed by atoms with van der Waals surface area (Å²) in [5.41, 5.74) is 8.33. The van der Waals surface area contributed by atoms with Gasteiger partial charge >= 0.3 is 0 Å². The normalized spacial score (nSPS) is 10.3. The van der Waals surface area contributed by atoms with Crippen LogP contribution in [0, 0.1) is 6.92 Å². The van der Waals surface area contributed by atoms with Gasteiger partial charge in [-0.15, -0.1) is 0 Å². The predicted octanol–water partition coefficient (Wildman–Crippen LogP) is 4.25. The van der Waals surface area contributed by atoms with E-state index < -0.39 is 0 Å². The molecular formula is C14H12BrClN2O. The molecule has 2 aromatic carbocycles. The Morgan fingerprint density at radius 2 is 1.95 bits per heavy atom. The minimum absolute atomic E-state index is 0.244. The van der Waals surface area contributed by atoms with E-state index in [0.717, 1.165) is 15.7 Å². The summed E-state index contributed by atoms with van der Waals surface area (Å²) in [5.74, 6) is -0.244. The highest BCUT2D eigenvalue weighted by Gasteiger charge is 2.08. The van der Waals surface area contributed by atoms with Crippen molar-refractivity contribution in [3.63, 3.8) is 0 Å². The van der Waals surface area contributed by atoms with Crippen LogP contribution >= 0.6 is 27.5 Å². The van der Waals surface area contributed by atoms with Crippen molar-refractivity contribution in [3.8, 4) is 0 Å². The predicted molar refractivity (Wildman–Crippen MR) is 82.7 cm³/mol. The molecule has 0 heterocycles. The maximum Gasteiger partial charge on any atom is 0.255 e. The number of benzene rings is 2. The van der Waals surface area contributed by atoms with Gasteiger partial charge < -0.3 is 11.1 Å². The first-order chi connectivity index (χ1) is 8.94. The van der Waals surface area contributed by atoms with Crippen molar-refractivity contribution >= 4 is 44.8 Å². The highest BCUT2D eigenvalue weighted by atomic mass is 79.9. The molecule has 2 aromatic rings. The number of nitrogens with two attached hydrogens (primary N) is 1. The number of rotatable bonds is 2. The lowest BCUT2D eigenvalue weighted by atomic mass is 10.1. The van der Waals surface area contributed by atoms with E-state index in [9.17, 15) is 4.79 Å². The molecule has 5 heteroatoms. The van der Waals surface area contributed by atoms with Crippen LogP contribution in [-0.4, -0.2) is 5.91 Å². The Morgan fingerprint density at radius 1 is 1.21 bits per heavy atom. The van der Waals surface area contributed by atoms with Gasteiger partial charge in [-0.25, -0.2) is 0 Å². The summed E-state index contributed by atoms with van der Waals surface area (Å²) < 4.78 is 0.911. The van der Waals surface area contributed by atoms with E-state index in [1.807, 2.05) is 25.1 Å². The number of carbonyl (C=O) groups excluding carboxylic acids is 1. The molecule has 0 aromatic heterocycles. The first kappa shape index (κ1) is 13.9. The molecule has 98 valence electrons. The summed E-state index contributed by atoms with van der Waals surface area (Å²) in [7, 11) is 0. The number of amides is 1. The molecule has 0 bridgehead atoms. The van der Waals surface area contributed by atoms with Crippen molar-refractivity contribution in [1.29, 1.82) is 0 Å². The molecule has 0 aliphatic heterocycles. The maximum atomic E-state index is 12.1. The van der Waals surface area contributed by atoms with Gasteiger partial charge in [0.15, 0.2) is 0 Å². The third-order valence-corrected chi connectivity index (χ3v) is 3.16. The van der Waals surface area contributed by atoms with E-state index in [0.29, 0.717) is 16.3 Å². The van der Waals surface area contributed by atoms with Crippen molar-refractivity contribution in [3.05, 3.63) is 57.0 Å². The molecule has 2 rings (SSSR count). The Hall–Kier alpha value is -1.52. The fraction of sp³-hybridized carbons (Fsp3) is 0.0714. The van der Waals surface area contributed by atoms with Crippen LogP contribution in [0.3, 0.4) is 0 Å². The number of carbonyl (C=O) groups is 1. The lowest BCUT2D eigenvalue weighted by Crippen LogP contribution is -2.12. The molecule has 0 spiro atoms. The van der Waals surface area contributed by atoms with Crippen LogP contribution in [0.4, 0.5) is 11.4 Å². The third-order valence-electron chi connectivity index (χ3n) is 2.48. The van der Waals surface area contributed by atoms with E-state index >= 15 is 0 Å². The van der Waals surface area contributed by atoms with Gasteiger partial charge in [0.25, 0.3) is 5.91 Å². The SMILES string of the molecule is Cc1cc(Br)cc(NC(=O)c2cc(N)cc(Cl)c2)c1. The summed E-state index contributed by atoms with van der Waals surface area (Å²) >= 11 is 9.27. The summed E-state index contributed by atoms with van der Waals surface area (Å²) in [6.07, 6.45) is 0. The van der Waals surface area contributed by atoms with Crippen LogP contribution in [0.25, 0.3) is 0 Å². The lowest BCUT2D eigenvalue weighted by Gasteiger charge is -2.08. The van der Waals surface area contributed by atoms with Crippen molar-refractivity contribution < 1.29 is 4.79 Å². The van der Waals surface area contributed by atoms with E-state index in [1.165, 1.54) is 0 Å². The molecule has 0 saturated carbocycles. The van der Waals surface area contributed by atoms with Crippen LogP contribution in [-0.2, 0) is 0 Å². The first-order valence-corrected chi connectivity index (χ1v) is 6.76. The number of anilines is 2. The maximum absolute atomic E-state index is 12.1. The Morgan fingerprint density at radius 3 is 2.58 bits per heavy atom. The molecule has 19 heavy (non-hydrogen) atoms. The van der Waals surface area contributed by atoms with Crippen LogP contribution < -0.4 is 11.1 Å². The van der Waals surface area contributed by atoms with Gasteiger partial charge in [0, 0.05) is 26.4 Å². The summed E-state index contributed by atoms with van der Waals surface area (Å²) in [6.45, 7) is 1.96. The lowest BCUT2D eigenvalue weighted by molar-refractivity contribution is 0.102. The fourth-order valence-electron chi connectivity index (χ4n) is 1.76. The standard InChI is InChI=1S/C14H12BrClN2O/c1-8-2-10(15)6-13(3-8)18-14(19)9-4-11(16)7-12(17)5-9/h2-7H,17H2,1H3,(H,18,19). The zero-order valence-electron chi connectivity index (χ0n) is 10.2. The quantitative estimate of drug-likeness (QED) is 0.804. The third kappa shape index (κ3) is 3.72. The summed E-state index contributed by atoms with van der Waals surface area (Å²) in [4.78, 5) is 12.1. The van der Waals surface area contributed by atoms with Gasteiger partial charge in [-0.1, -0.05) is 27.5 Å². The highest BCUT2D eigenvalue weighted by molar-refractivity contribution is 9.10. The highest BCUT2D eigenvalue weighted by Crippen LogP contribution is 2.21. The Balaban J connectivity index is 2.25. The van der Waals surface area contributed by atoms with E-state index in [4.69, 9.17) is 17.3 Å². The molecule has 0 radical (unpaired) electrons. The molecular weight excluding hydrogens is 328 g/mol. The van der Waals surface area contributed by atoms with Crippen LogP contribution in [0.15, 0.2) is 40.9 Å². The molecule has 0 aliphatic rings. The molecule has 0 unspecified atom stereocenters. The zero-order valence-corrected chi connectivity index (χ0v) is 12.5. The Bertz CT molecular complexity index is 603. The molecule has 3 nitrogen and oxygen atoms in total. The van der Waals surface area contributed by atoms with E-state index in [2.05, 4.69) is 21.2 Å². The van der Waals surface area contributed by atoms with E-state index in [-0.39, 0.29) is 5.91 Å². The molecule has 3 N–H and O–H groups in total. The second kappa shape index (κ2) is 5.63. The Kier molecular flexibility index (Phi) is 4.12. The monoisotopic (exact) mass is 338 g/mol. The van der Waals surface area contributed by atoms with Crippen molar-refractivity contribution in [1.82, 2.24) is 0 Å². The zero-order chi connectivity index (χ0) is 14.0. The van der Waals surface area contributed by atoms with Crippen molar-refractivity contribution in [2.24, 2.45) is 0 Å². The Labute approximate surface area is 124 Å². The number of nitrogen functional groups attached to an aromatic ring is 1. The van der Waals surface area contributed by atoms with Crippen LogP contribution in [0.2, 0.25) is 5.02 Å². The average molecular weight is 340 g/mol. The number of hydrogen-bond acceptors (Lipinski definition) is 2. The average Bonchev–Trinajstić information content (AvgIpc) is 2.25. The van der Waals surface area contributed by atoms with Crippen molar-refractivity contribution in [2.75, 3.05) is 11.1 Å². The first-order valence-electron chi connectivity index (χ1n) is 5.58. The minimum atomic E-state index is -0.244. The molecule has 0 saturated heterocycles. The number of hydrogen-bond donors (Lipinski definition) is 2. The largest absolute Gasteiger partial charge is 0.399 e.